The van der Waals surface area contributed by atoms with Gasteiger partial charge in [0.05, 0.1) is 7.11 Å². The zero-order valence-electron chi connectivity index (χ0n) is 17.1. The topological polar surface area (TPSA) is 157 Å². The first-order valence-corrected chi connectivity index (χ1v) is 8.77. The lowest BCUT2D eigenvalue weighted by atomic mass is 10.1. The zero-order chi connectivity index (χ0) is 22.4. The molecule has 1 atom stereocenters. The van der Waals surface area contributed by atoms with Crippen LogP contribution >= 0.6 is 0 Å². The highest BCUT2D eigenvalue weighted by Gasteiger charge is 2.16. The Kier molecular flexibility index (Phi) is 11.7. The van der Waals surface area contributed by atoms with Crippen molar-refractivity contribution < 1.29 is 33.8 Å². The largest absolute Gasteiger partial charge is 0.480 e. The molecule has 0 unspecified atom stereocenters. The summed E-state index contributed by atoms with van der Waals surface area (Å²) in [6.45, 7) is 4.28. The number of nitrogens with one attached hydrogen (secondary N) is 2. The summed E-state index contributed by atoms with van der Waals surface area (Å²) in [5, 5.41) is 12.6. The third-order valence-electron chi connectivity index (χ3n) is 3.03. The summed E-state index contributed by atoms with van der Waals surface area (Å²) < 4.78 is 9.39. The summed E-state index contributed by atoms with van der Waals surface area (Å²) in [6, 6.07) is 9.06. The molecule has 1 rings (SSSR count). The highest BCUT2D eigenvalue weighted by Crippen LogP contribution is 2.06. The number of aliphatic carboxylic acids is 1. The molecule has 0 bridgehead atoms. The van der Waals surface area contributed by atoms with Crippen molar-refractivity contribution in [1.82, 2.24) is 10.6 Å². The van der Waals surface area contributed by atoms with E-state index in [9.17, 15) is 19.2 Å². The molecule has 162 valence electrons. The predicted octanol–water partition coefficient (Wildman–Crippen LogP) is 0.441. The lowest BCUT2D eigenvalue weighted by Gasteiger charge is -2.19. The van der Waals surface area contributed by atoms with Gasteiger partial charge in [-0.1, -0.05) is 30.3 Å². The number of rotatable bonds is 7. The molecule has 0 saturated carbocycles. The van der Waals surface area contributed by atoms with Crippen LogP contribution in [0.1, 0.15) is 26.3 Å². The predicted molar refractivity (Wildman–Crippen MR) is 105 cm³/mol. The minimum atomic E-state index is -1.15. The van der Waals surface area contributed by atoms with E-state index in [4.69, 9.17) is 15.6 Å². The molecule has 10 heteroatoms. The molecule has 0 aliphatic rings. The van der Waals surface area contributed by atoms with E-state index in [2.05, 4.69) is 15.4 Å². The van der Waals surface area contributed by atoms with Crippen LogP contribution in [0.15, 0.2) is 30.3 Å². The number of nitrogens with two attached hydrogens (primary N) is 1. The molecule has 2 amide bonds. The van der Waals surface area contributed by atoms with Crippen LogP contribution in [0.25, 0.3) is 0 Å². The summed E-state index contributed by atoms with van der Waals surface area (Å²) >= 11 is 0. The monoisotopic (exact) mass is 411 g/mol. The van der Waals surface area contributed by atoms with Gasteiger partial charge < -0.3 is 30.9 Å². The van der Waals surface area contributed by atoms with Crippen molar-refractivity contribution in [1.29, 1.82) is 0 Å². The highest BCUT2D eigenvalue weighted by molar-refractivity contribution is 5.85. The van der Waals surface area contributed by atoms with Crippen LogP contribution in [0.2, 0.25) is 0 Å². The number of hydrogen-bond acceptors (Lipinski definition) is 7. The van der Waals surface area contributed by atoms with Crippen LogP contribution in [0, 0.1) is 0 Å². The number of benzene rings is 1. The first kappa shape index (κ1) is 25.9. The van der Waals surface area contributed by atoms with Gasteiger partial charge in [0.1, 0.15) is 24.7 Å². The van der Waals surface area contributed by atoms with E-state index < -0.39 is 36.2 Å². The number of ether oxygens (including phenoxy) is 2. The second-order valence-corrected chi connectivity index (χ2v) is 6.85. The Labute approximate surface area is 169 Å². The van der Waals surface area contributed by atoms with E-state index in [1.807, 2.05) is 30.3 Å². The first-order chi connectivity index (χ1) is 13.4. The number of amides is 2. The van der Waals surface area contributed by atoms with Gasteiger partial charge in [-0.25, -0.2) is 4.79 Å². The molecule has 5 N–H and O–H groups in total. The van der Waals surface area contributed by atoms with E-state index in [1.165, 1.54) is 7.11 Å². The number of methoxy groups -OCH3 is 1. The van der Waals surface area contributed by atoms with Crippen LogP contribution in [0.5, 0.6) is 0 Å². The summed E-state index contributed by atoms with van der Waals surface area (Å²) in [5.41, 5.74) is 5.99. The van der Waals surface area contributed by atoms with Crippen LogP contribution in [-0.4, -0.2) is 60.9 Å². The van der Waals surface area contributed by atoms with E-state index in [0.717, 1.165) is 5.56 Å². The Morgan fingerprint density at radius 2 is 1.66 bits per heavy atom. The molecule has 0 spiro atoms. The summed E-state index contributed by atoms with van der Waals surface area (Å²) in [7, 11) is 1.34. The van der Waals surface area contributed by atoms with Gasteiger partial charge in [0.25, 0.3) is 0 Å². The van der Waals surface area contributed by atoms with Gasteiger partial charge in [0, 0.05) is 0 Å². The van der Waals surface area contributed by atoms with E-state index in [0.29, 0.717) is 6.42 Å². The Morgan fingerprint density at radius 3 is 2.14 bits per heavy atom. The van der Waals surface area contributed by atoms with Gasteiger partial charge in [0.2, 0.25) is 5.91 Å². The Balaban J connectivity index is 0.000000551. The first-order valence-electron chi connectivity index (χ1n) is 8.77. The van der Waals surface area contributed by atoms with Crippen molar-refractivity contribution in [3.05, 3.63) is 35.9 Å². The summed E-state index contributed by atoms with van der Waals surface area (Å²) in [6.07, 6.45) is -0.203. The Morgan fingerprint density at radius 1 is 1.07 bits per heavy atom. The lowest BCUT2D eigenvalue weighted by Crippen LogP contribution is -2.41. The molecule has 0 heterocycles. The third-order valence-corrected chi connectivity index (χ3v) is 3.03. The number of esters is 1. The van der Waals surface area contributed by atoms with Crippen LogP contribution in [0.3, 0.4) is 0 Å². The fourth-order valence-electron chi connectivity index (χ4n) is 1.81. The zero-order valence-corrected chi connectivity index (χ0v) is 17.1. The number of hydrogen-bond donors (Lipinski definition) is 4. The van der Waals surface area contributed by atoms with Crippen molar-refractivity contribution in [2.24, 2.45) is 5.73 Å². The summed E-state index contributed by atoms with van der Waals surface area (Å²) in [5.74, 6) is -2.11. The lowest BCUT2D eigenvalue weighted by molar-refractivity contribution is -0.142. The van der Waals surface area contributed by atoms with Gasteiger partial charge >= 0.3 is 18.0 Å². The van der Waals surface area contributed by atoms with E-state index >= 15 is 0 Å². The number of carbonyl (C=O) groups is 4. The van der Waals surface area contributed by atoms with Gasteiger partial charge in [0.15, 0.2) is 0 Å². The Bertz CT molecular complexity index is 672. The molecular weight excluding hydrogens is 382 g/mol. The number of alkyl carbamates (subject to hydrolysis) is 1. The van der Waals surface area contributed by atoms with E-state index in [1.54, 1.807) is 20.8 Å². The van der Waals surface area contributed by atoms with Gasteiger partial charge in [-0.2, -0.15) is 0 Å². The van der Waals surface area contributed by atoms with Crippen molar-refractivity contribution in [2.45, 2.75) is 38.8 Å². The molecule has 0 saturated heterocycles. The van der Waals surface area contributed by atoms with Crippen molar-refractivity contribution in [3.8, 4) is 0 Å². The van der Waals surface area contributed by atoms with Crippen molar-refractivity contribution in [2.75, 3.05) is 20.2 Å². The normalized spacial score (nSPS) is 11.2. The maximum atomic E-state index is 11.1. The van der Waals surface area contributed by atoms with E-state index in [-0.39, 0.29) is 12.5 Å². The second-order valence-electron chi connectivity index (χ2n) is 6.85. The molecule has 0 aromatic heterocycles. The van der Waals surface area contributed by atoms with Gasteiger partial charge in [-0.05, 0) is 32.8 Å². The number of carbonyl (C=O) groups excluding carboxylic acids is 3. The molecule has 0 aliphatic heterocycles. The highest BCUT2D eigenvalue weighted by atomic mass is 16.6. The molecule has 0 aliphatic carbocycles. The van der Waals surface area contributed by atoms with Gasteiger partial charge in [-0.15, -0.1) is 0 Å². The molecule has 0 radical (unpaired) electrons. The molecule has 0 fully saturated rings. The maximum Gasteiger partial charge on any atom is 0.408 e. The SMILES string of the molecule is CC(C)(C)OC(=O)NCC(=O)NCC(=O)O.COC(=O)[C@@H](N)Cc1ccccc1. The quantitative estimate of drug-likeness (QED) is 0.471. The maximum absolute atomic E-state index is 11.1. The molecule has 1 aromatic rings. The van der Waals surface area contributed by atoms with Crippen LogP contribution in [0.4, 0.5) is 4.79 Å². The Hall–Kier alpha value is -3.14. The van der Waals surface area contributed by atoms with Gasteiger partial charge in [-0.3, -0.25) is 14.4 Å². The minimum Gasteiger partial charge on any atom is -0.480 e. The average Bonchev–Trinajstić information content (AvgIpc) is 2.64. The average molecular weight is 411 g/mol. The van der Waals surface area contributed by atoms with Crippen molar-refractivity contribution >= 4 is 23.9 Å². The fraction of sp³-hybridized carbons (Fsp3) is 0.474. The minimum absolute atomic E-state index is 0.317. The number of carboxylic acid groups (broad SMARTS) is 1. The molecule has 1 aromatic carbocycles. The van der Waals surface area contributed by atoms with Crippen LogP contribution in [-0.2, 0) is 30.3 Å². The summed E-state index contributed by atoms with van der Waals surface area (Å²) in [4.78, 5) is 43.1. The van der Waals surface area contributed by atoms with Crippen LogP contribution < -0.4 is 16.4 Å². The second kappa shape index (κ2) is 13.1. The number of carboxylic acids is 1. The smallest absolute Gasteiger partial charge is 0.408 e. The van der Waals surface area contributed by atoms with Crippen molar-refractivity contribution in [3.63, 3.8) is 0 Å². The standard InChI is InChI=1S/C10H13NO2.C9H16N2O5/c1-13-10(12)9(11)7-8-5-3-2-4-6-8;1-9(2,3)16-8(15)11-4-6(12)10-5-7(13)14/h2-6,9H,7,11H2,1H3;4-5H2,1-3H3,(H,10,12)(H,11,15)(H,13,14)/t9-;/m0./s1. The molecule has 29 heavy (non-hydrogen) atoms. The fourth-order valence-corrected chi connectivity index (χ4v) is 1.81. The molecule has 10 nitrogen and oxygen atoms in total. The molecular formula is C19H29N3O7. The third kappa shape index (κ3) is 14.6.